The van der Waals surface area contributed by atoms with E-state index in [0.717, 1.165) is 0 Å². The Morgan fingerprint density at radius 2 is 1.92 bits per heavy atom. The molecule has 1 saturated heterocycles. The van der Waals surface area contributed by atoms with Gasteiger partial charge in [-0.3, -0.25) is 0 Å². The van der Waals surface area contributed by atoms with Gasteiger partial charge in [-0.25, -0.2) is 0 Å². The SMILES string of the molecule is Cl.OC[C@H]1CNC[C@@H]1C(F)(F)F. The lowest BCUT2D eigenvalue weighted by Crippen LogP contribution is -2.31. The van der Waals surface area contributed by atoms with Crippen LogP contribution in [0.4, 0.5) is 13.2 Å². The Balaban J connectivity index is 0.00000121. The van der Waals surface area contributed by atoms with Crippen LogP contribution < -0.4 is 5.32 Å². The molecule has 1 fully saturated rings. The van der Waals surface area contributed by atoms with E-state index >= 15 is 0 Å². The summed E-state index contributed by atoms with van der Waals surface area (Å²) in [5.74, 6) is -2.03. The van der Waals surface area contributed by atoms with Gasteiger partial charge in [0, 0.05) is 25.6 Å². The van der Waals surface area contributed by atoms with Gasteiger partial charge in [0.15, 0.2) is 0 Å². The van der Waals surface area contributed by atoms with Gasteiger partial charge in [-0.15, -0.1) is 12.4 Å². The predicted molar refractivity (Wildman–Crippen MR) is 40.2 cm³/mol. The molecular weight excluding hydrogens is 195 g/mol. The van der Waals surface area contributed by atoms with Crippen molar-refractivity contribution in [3.05, 3.63) is 0 Å². The van der Waals surface area contributed by atoms with Crippen LogP contribution in [0.1, 0.15) is 0 Å². The third-order valence-electron chi connectivity index (χ3n) is 1.99. The van der Waals surface area contributed by atoms with Gasteiger partial charge < -0.3 is 10.4 Å². The third kappa shape index (κ3) is 2.50. The number of alkyl halides is 3. The second-order valence-corrected chi connectivity index (χ2v) is 2.75. The maximum atomic E-state index is 12.0. The summed E-state index contributed by atoms with van der Waals surface area (Å²) >= 11 is 0. The first-order valence-electron chi connectivity index (χ1n) is 3.44. The van der Waals surface area contributed by atoms with E-state index in [2.05, 4.69) is 5.32 Å². The summed E-state index contributed by atoms with van der Waals surface area (Å²) in [5.41, 5.74) is 0. The lowest BCUT2D eigenvalue weighted by Gasteiger charge is -2.18. The lowest BCUT2D eigenvalue weighted by atomic mass is 9.97. The Morgan fingerprint density at radius 1 is 1.33 bits per heavy atom. The molecule has 2 nitrogen and oxygen atoms in total. The molecule has 0 unspecified atom stereocenters. The lowest BCUT2D eigenvalue weighted by molar-refractivity contribution is -0.181. The fourth-order valence-electron chi connectivity index (χ4n) is 1.31. The first kappa shape index (κ1) is 12.0. The monoisotopic (exact) mass is 205 g/mol. The summed E-state index contributed by atoms with van der Waals surface area (Å²) in [4.78, 5) is 0. The molecule has 0 bridgehead atoms. The van der Waals surface area contributed by atoms with Crippen LogP contribution >= 0.6 is 12.4 Å². The highest BCUT2D eigenvalue weighted by Gasteiger charge is 2.46. The Bertz CT molecular complexity index is 141. The smallest absolute Gasteiger partial charge is 0.393 e. The van der Waals surface area contributed by atoms with Gasteiger partial charge in [0.05, 0.1) is 5.92 Å². The maximum Gasteiger partial charge on any atom is 0.393 e. The minimum absolute atomic E-state index is 0. The topological polar surface area (TPSA) is 32.3 Å². The van der Waals surface area contributed by atoms with Crippen molar-refractivity contribution in [1.82, 2.24) is 5.32 Å². The molecule has 0 aromatic heterocycles. The summed E-state index contributed by atoms with van der Waals surface area (Å²) in [7, 11) is 0. The summed E-state index contributed by atoms with van der Waals surface area (Å²) < 4.78 is 36.1. The summed E-state index contributed by atoms with van der Waals surface area (Å²) in [6.45, 7) is -0.188. The van der Waals surface area contributed by atoms with Crippen LogP contribution in [0, 0.1) is 11.8 Å². The average Bonchev–Trinajstić information content (AvgIpc) is 2.31. The first-order valence-corrected chi connectivity index (χ1v) is 3.44. The van der Waals surface area contributed by atoms with Crippen LogP contribution in [0.3, 0.4) is 0 Å². The highest BCUT2D eigenvalue weighted by molar-refractivity contribution is 5.85. The molecule has 6 heteroatoms. The van der Waals surface area contributed by atoms with Crippen molar-refractivity contribution in [3.8, 4) is 0 Å². The number of hydrogen-bond acceptors (Lipinski definition) is 2. The second-order valence-electron chi connectivity index (χ2n) is 2.75. The summed E-state index contributed by atoms with van der Waals surface area (Å²) in [6, 6.07) is 0. The van der Waals surface area contributed by atoms with Crippen molar-refractivity contribution in [3.63, 3.8) is 0 Å². The van der Waals surface area contributed by atoms with Crippen molar-refractivity contribution < 1.29 is 18.3 Å². The van der Waals surface area contributed by atoms with Crippen LogP contribution in [0.15, 0.2) is 0 Å². The van der Waals surface area contributed by atoms with E-state index < -0.39 is 24.6 Å². The molecule has 2 N–H and O–H groups in total. The Kier molecular flexibility index (Phi) is 4.30. The van der Waals surface area contributed by atoms with Gasteiger partial charge in [-0.1, -0.05) is 0 Å². The van der Waals surface area contributed by atoms with Crippen molar-refractivity contribution in [1.29, 1.82) is 0 Å². The summed E-state index contributed by atoms with van der Waals surface area (Å²) in [5, 5.41) is 11.2. The van der Waals surface area contributed by atoms with Crippen LogP contribution in [-0.2, 0) is 0 Å². The molecule has 0 aromatic rings. The fourth-order valence-corrected chi connectivity index (χ4v) is 1.31. The number of aliphatic hydroxyl groups is 1. The highest BCUT2D eigenvalue weighted by Crippen LogP contribution is 2.33. The molecule has 12 heavy (non-hydrogen) atoms. The molecule has 0 amide bonds. The molecule has 1 aliphatic rings. The molecule has 0 aromatic carbocycles. The van der Waals surface area contributed by atoms with E-state index in [1.165, 1.54) is 0 Å². The zero-order valence-electron chi connectivity index (χ0n) is 6.27. The van der Waals surface area contributed by atoms with Gasteiger partial charge in [0.25, 0.3) is 0 Å². The fraction of sp³-hybridized carbons (Fsp3) is 1.00. The van der Waals surface area contributed by atoms with Crippen LogP contribution in [0.25, 0.3) is 0 Å². The highest BCUT2D eigenvalue weighted by atomic mass is 35.5. The molecule has 2 atom stereocenters. The van der Waals surface area contributed by atoms with E-state index in [0.29, 0.717) is 0 Å². The Labute approximate surface area is 74.6 Å². The number of aliphatic hydroxyl groups excluding tert-OH is 1. The van der Waals surface area contributed by atoms with Gasteiger partial charge in [0.1, 0.15) is 0 Å². The van der Waals surface area contributed by atoms with Gasteiger partial charge in [0.2, 0.25) is 0 Å². The first-order chi connectivity index (χ1) is 5.05. The molecule has 0 aliphatic carbocycles. The van der Waals surface area contributed by atoms with Crippen molar-refractivity contribution in [2.75, 3.05) is 19.7 Å². The zero-order chi connectivity index (χ0) is 8.48. The molecule has 74 valence electrons. The van der Waals surface area contributed by atoms with Gasteiger partial charge >= 0.3 is 6.18 Å². The second kappa shape index (κ2) is 4.30. The minimum atomic E-state index is -4.17. The van der Waals surface area contributed by atoms with E-state index in [4.69, 9.17) is 5.11 Å². The maximum absolute atomic E-state index is 12.0. The molecular formula is C6H11ClF3NO. The minimum Gasteiger partial charge on any atom is -0.396 e. The average molecular weight is 206 g/mol. The van der Waals surface area contributed by atoms with Gasteiger partial charge in [-0.05, 0) is 0 Å². The van der Waals surface area contributed by atoms with Crippen LogP contribution in [-0.4, -0.2) is 31.0 Å². The van der Waals surface area contributed by atoms with E-state index in [1.54, 1.807) is 0 Å². The van der Waals surface area contributed by atoms with E-state index in [1.807, 2.05) is 0 Å². The third-order valence-corrected chi connectivity index (χ3v) is 1.99. The number of hydrogen-bond donors (Lipinski definition) is 2. The summed E-state index contributed by atoms with van der Waals surface area (Å²) in [6.07, 6.45) is -4.17. The largest absolute Gasteiger partial charge is 0.396 e. The number of nitrogens with one attached hydrogen (secondary N) is 1. The van der Waals surface area contributed by atoms with E-state index in [-0.39, 0.29) is 25.5 Å². The van der Waals surface area contributed by atoms with E-state index in [9.17, 15) is 13.2 Å². The molecule has 1 rings (SSSR count). The van der Waals surface area contributed by atoms with Crippen molar-refractivity contribution >= 4 is 12.4 Å². The Hall–Kier alpha value is -0.0000000000000000555. The predicted octanol–water partition coefficient (Wildman–Crippen LogP) is 0.798. The molecule has 0 saturated carbocycles. The molecule has 0 spiro atoms. The molecule has 1 aliphatic heterocycles. The van der Waals surface area contributed by atoms with Crippen LogP contribution in [0.2, 0.25) is 0 Å². The van der Waals surface area contributed by atoms with Gasteiger partial charge in [-0.2, -0.15) is 13.2 Å². The van der Waals surface area contributed by atoms with Crippen molar-refractivity contribution in [2.24, 2.45) is 11.8 Å². The Morgan fingerprint density at radius 3 is 2.25 bits per heavy atom. The normalized spacial score (nSPS) is 30.0. The molecule has 1 heterocycles. The number of rotatable bonds is 1. The zero-order valence-corrected chi connectivity index (χ0v) is 7.08. The quantitative estimate of drug-likeness (QED) is 0.664. The van der Waals surface area contributed by atoms with Crippen molar-refractivity contribution in [2.45, 2.75) is 6.18 Å². The van der Waals surface area contributed by atoms with Crippen LogP contribution in [0.5, 0.6) is 0 Å². The molecule has 0 radical (unpaired) electrons. The standard InChI is InChI=1S/C6H10F3NO.ClH/c7-6(8,9)5-2-10-1-4(5)3-11;/h4-5,10-11H,1-3H2;1H/t4-,5+;/m1./s1. The number of halogens is 4.